The summed E-state index contributed by atoms with van der Waals surface area (Å²) >= 11 is 0. The topological polar surface area (TPSA) is 112 Å². The highest BCUT2D eigenvalue weighted by atomic mass is 16.5. The lowest BCUT2D eigenvalue weighted by molar-refractivity contribution is -0.110. The highest BCUT2D eigenvalue weighted by Crippen LogP contribution is 2.37. The molecule has 0 fully saturated rings. The number of aromatic amines is 1. The molecule has 1 aromatic heterocycles. The number of amides is 4. The second-order valence-corrected chi connectivity index (χ2v) is 8.94. The molecule has 4 N–H and O–H groups in total. The van der Waals surface area contributed by atoms with Gasteiger partial charge in [0.1, 0.15) is 5.75 Å². The molecule has 5 rings (SSSR count). The molecule has 190 valence electrons. The van der Waals surface area contributed by atoms with Crippen molar-refractivity contribution < 1.29 is 19.1 Å². The van der Waals surface area contributed by atoms with E-state index in [9.17, 15) is 14.4 Å². The fraction of sp³-hybridized carbons (Fsp3) is 0.100. The lowest BCUT2D eigenvalue weighted by Crippen LogP contribution is -2.34. The number of hydrogen-bond donors (Lipinski definition) is 4. The van der Waals surface area contributed by atoms with Gasteiger partial charge in [-0.05, 0) is 67.4 Å². The molecule has 4 aromatic rings. The third kappa shape index (κ3) is 4.79. The molecule has 0 bridgehead atoms. The van der Waals surface area contributed by atoms with Crippen molar-refractivity contribution in [3.05, 3.63) is 101 Å². The second kappa shape index (κ2) is 10.1. The molecular formula is C30H26N4O4. The molecule has 0 radical (unpaired) electrons. The minimum Gasteiger partial charge on any atom is -0.497 e. The molecular weight excluding hydrogens is 480 g/mol. The van der Waals surface area contributed by atoms with E-state index in [4.69, 9.17) is 4.74 Å². The molecule has 0 atom stereocenters. The number of carbonyl (C=O) groups is 3. The Morgan fingerprint density at radius 2 is 1.68 bits per heavy atom. The Morgan fingerprint density at radius 1 is 0.947 bits per heavy atom. The molecule has 3 aromatic carbocycles. The summed E-state index contributed by atoms with van der Waals surface area (Å²) in [5, 5.41) is 7.79. The van der Waals surface area contributed by atoms with Crippen LogP contribution < -0.4 is 20.7 Å². The summed E-state index contributed by atoms with van der Waals surface area (Å²) in [6.45, 7) is 4.05. The molecule has 1 aliphatic rings. The Kier molecular flexibility index (Phi) is 6.53. The van der Waals surface area contributed by atoms with Crippen molar-refractivity contribution in [1.29, 1.82) is 0 Å². The van der Waals surface area contributed by atoms with Crippen molar-refractivity contribution in [3.8, 4) is 16.9 Å². The Labute approximate surface area is 219 Å². The second-order valence-electron chi connectivity index (χ2n) is 8.94. The van der Waals surface area contributed by atoms with Crippen molar-refractivity contribution in [2.45, 2.75) is 13.8 Å². The van der Waals surface area contributed by atoms with Gasteiger partial charge in [0.2, 0.25) is 0 Å². The monoisotopic (exact) mass is 506 g/mol. The van der Waals surface area contributed by atoms with Crippen LogP contribution in [0.3, 0.4) is 0 Å². The van der Waals surface area contributed by atoms with Crippen LogP contribution in [0, 0.1) is 13.8 Å². The predicted molar refractivity (Wildman–Crippen MR) is 148 cm³/mol. The molecule has 0 unspecified atom stereocenters. The molecule has 8 heteroatoms. The van der Waals surface area contributed by atoms with Crippen LogP contribution in [-0.4, -0.2) is 29.9 Å². The standard InChI is InChI=1S/C30H26N4O4/c1-17-25(31-18(2)27(17)19-7-5-4-6-8-19)16-24-23-14-11-21(15-26(23)33-29(24)36)32-30(37)34-28(35)20-9-12-22(38-3)13-10-20/h4-16,31H,1-3H3,(H,33,36)(H2,32,34,35,37)/b24-16-. The Hall–Kier alpha value is -5.11. The molecule has 0 aliphatic carbocycles. The number of carbonyl (C=O) groups excluding carboxylic acids is 3. The van der Waals surface area contributed by atoms with E-state index in [0.29, 0.717) is 28.3 Å². The lowest BCUT2D eigenvalue weighted by atomic mass is 10.00. The Balaban J connectivity index is 1.33. The summed E-state index contributed by atoms with van der Waals surface area (Å²) in [6.07, 6.45) is 1.85. The first kappa shape index (κ1) is 24.6. The van der Waals surface area contributed by atoms with Gasteiger partial charge >= 0.3 is 6.03 Å². The van der Waals surface area contributed by atoms with Crippen LogP contribution in [0.4, 0.5) is 16.2 Å². The summed E-state index contributed by atoms with van der Waals surface area (Å²) in [4.78, 5) is 41.0. The first-order valence-electron chi connectivity index (χ1n) is 12.0. The van der Waals surface area contributed by atoms with E-state index in [2.05, 4.69) is 33.1 Å². The van der Waals surface area contributed by atoms with Crippen molar-refractivity contribution >= 4 is 40.9 Å². The fourth-order valence-electron chi connectivity index (χ4n) is 4.60. The number of urea groups is 1. The zero-order valence-electron chi connectivity index (χ0n) is 21.1. The number of hydrogen-bond acceptors (Lipinski definition) is 4. The minimum absolute atomic E-state index is 0.232. The first-order valence-corrected chi connectivity index (χ1v) is 12.0. The smallest absolute Gasteiger partial charge is 0.326 e. The Morgan fingerprint density at radius 3 is 2.39 bits per heavy atom. The average Bonchev–Trinajstić information content (AvgIpc) is 3.38. The van der Waals surface area contributed by atoms with Gasteiger partial charge in [-0.3, -0.25) is 14.9 Å². The van der Waals surface area contributed by atoms with Crippen LogP contribution in [0.5, 0.6) is 5.75 Å². The van der Waals surface area contributed by atoms with Crippen LogP contribution in [0.1, 0.15) is 32.9 Å². The number of anilines is 2. The van der Waals surface area contributed by atoms with E-state index in [1.54, 1.807) is 42.5 Å². The molecule has 4 amide bonds. The van der Waals surface area contributed by atoms with Crippen LogP contribution in [0.2, 0.25) is 0 Å². The molecule has 1 aliphatic heterocycles. The maximum Gasteiger partial charge on any atom is 0.326 e. The van der Waals surface area contributed by atoms with Gasteiger partial charge in [0.15, 0.2) is 0 Å². The van der Waals surface area contributed by atoms with Gasteiger partial charge in [0.25, 0.3) is 11.8 Å². The number of rotatable bonds is 5. The van der Waals surface area contributed by atoms with E-state index in [-0.39, 0.29) is 5.91 Å². The SMILES string of the molecule is COc1ccc(C(=O)NC(=O)Nc2ccc3c(c2)NC(=O)/C3=C\c2[nH]c(C)c(-c3ccccc3)c2C)cc1. The first-order chi connectivity index (χ1) is 18.3. The average molecular weight is 507 g/mol. The number of imide groups is 1. The van der Waals surface area contributed by atoms with E-state index in [0.717, 1.165) is 33.6 Å². The van der Waals surface area contributed by atoms with Crippen molar-refractivity contribution in [2.24, 2.45) is 0 Å². The number of ether oxygens (including phenoxy) is 1. The quantitative estimate of drug-likeness (QED) is 0.258. The zero-order chi connectivity index (χ0) is 26.8. The number of fused-ring (bicyclic) bond motifs is 1. The van der Waals surface area contributed by atoms with E-state index < -0.39 is 11.9 Å². The number of methoxy groups -OCH3 is 1. The highest BCUT2D eigenvalue weighted by molar-refractivity contribution is 6.35. The van der Waals surface area contributed by atoms with E-state index in [1.165, 1.54) is 7.11 Å². The summed E-state index contributed by atoms with van der Waals surface area (Å²) in [5.41, 5.74) is 7.74. The van der Waals surface area contributed by atoms with Gasteiger partial charge in [0, 0.05) is 33.8 Å². The van der Waals surface area contributed by atoms with E-state index in [1.807, 2.05) is 38.1 Å². The summed E-state index contributed by atoms with van der Waals surface area (Å²) in [7, 11) is 1.53. The van der Waals surface area contributed by atoms with Gasteiger partial charge in [-0.2, -0.15) is 0 Å². The molecule has 8 nitrogen and oxygen atoms in total. The summed E-state index contributed by atoms with van der Waals surface area (Å²) in [5.74, 6) is -0.168. The molecule has 38 heavy (non-hydrogen) atoms. The van der Waals surface area contributed by atoms with Crippen LogP contribution in [0.15, 0.2) is 72.8 Å². The maximum atomic E-state index is 12.8. The summed E-state index contributed by atoms with van der Waals surface area (Å²) in [6, 6.07) is 20.9. The predicted octanol–water partition coefficient (Wildman–Crippen LogP) is 5.76. The zero-order valence-corrected chi connectivity index (χ0v) is 21.1. The van der Waals surface area contributed by atoms with Gasteiger partial charge < -0.3 is 20.4 Å². The Bertz CT molecular complexity index is 1580. The number of benzene rings is 3. The van der Waals surface area contributed by atoms with Crippen LogP contribution >= 0.6 is 0 Å². The number of aryl methyl sites for hydroxylation is 1. The van der Waals surface area contributed by atoms with Gasteiger partial charge in [-0.15, -0.1) is 0 Å². The lowest BCUT2D eigenvalue weighted by Gasteiger charge is -2.09. The minimum atomic E-state index is -0.684. The summed E-state index contributed by atoms with van der Waals surface area (Å²) < 4.78 is 5.08. The van der Waals surface area contributed by atoms with Crippen molar-refractivity contribution in [2.75, 3.05) is 17.7 Å². The fourth-order valence-corrected chi connectivity index (χ4v) is 4.60. The highest BCUT2D eigenvalue weighted by Gasteiger charge is 2.25. The van der Waals surface area contributed by atoms with Gasteiger partial charge in [0.05, 0.1) is 18.4 Å². The third-order valence-corrected chi connectivity index (χ3v) is 6.47. The largest absolute Gasteiger partial charge is 0.497 e. The number of nitrogens with one attached hydrogen (secondary N) is 4. The third-order valence-electron chi connectivity index (χ3n) is 6.47. The molecule has 0 saturated carbocycles. The normalized spacial score (nSPS) is 13.1. The van der Waals surface area contributed by atoms with E-state index >= 15 is 0 Å². The van der Waals surface area contributed by atoms with Gasteiger partial charge in [-0.1, -0.05) is 36.4 Å². The molecule has 2 heterocycles. The molecule has 0 saturated heterocycles. The number of H-pyrrole nitrogens is 1. The number of aromatic nitrogens is 1. The van der Waals surface area contributed by atoms with Crippen LogP contribution in [-0.2, 0) is 4.79 Å². The van der Waals surface area contributed by atoms with Gasteiger partial charge in [-0.25, -0.2) is 4.79 Å². The molecule has 0 spiro atoms. The van der Waals surface area contributed by atoms with Crippen molar-refractivity contribution in [3.63, 3.8) is 0 Å². The van der Waals surface area contributed by atoms with Crippen molar-refractivity contribution in [1.82, 2.24) is 10.3 Å². The maximum absolute atomic E-state index is 12.8. The van der Waals surface area contributed by atoms with Crippen LogP contribution in [0.25, 0.3) is 22.8 Å².